The van der Waals surface area contributed by atoms with E-state index in [1.165, 1.54) is 5.69 Å². The molecule has 5 rings (SSSR count). The molecule has 2 aromatic heterocycles. The Morgan fingerprint density at radius 1 is 1.03 bits per heavy atom. The molecule has 0 aliphatic carbocycles. The molecule has 1 saturated heterocycles. The minimum absolute atomic E-state index is 0.377. The van der Waals surface area contributed by atoms with Crippen LogP contribution in [-0.2, 0) is 6.42 Å². The molecule has 0 unspecified atom stereocenters. The number of fused-ring (bicyclic) bond motifs is 1. The van der Waals surface area contributed by atoms with Crippen LogP contribution in [0, 0.1) is 11.3 Å². The molecule has 1 aliphatic rings. The van der Waals surface area contributed by atoms with E-state index < -0.39 is 0 Å². The summed E-state index contributed by atoms with van der Waals surface area (Å²) in [5.74, 6) is 1.36. The van der Waals surface area contributed by atoms with E-state index in [2.05, 4.69) is 67.8 Å². The second-order valence-corrected chi connectivity index (χ2v) is 8.32. The molecule has 166 valence electrons. The highest BCUT2D eigenvalue weighted by Gasteiger charge is 2.16. The van der Waals surface area contributed by atoms with Crippen molar-refractivity contribution in [3.63, 3.8) is 0 Å². The molecule has 0 amide bonds. The average molecular weight is 440 g/mol. The van der Waals surface area contributed by atoms with Crippen LogP contribution in [0.4, 0.5) is 28.8 Å². The van der Waals surface area contributed by atoms with Crippen LogP contribution in [0.25, 0.3) is 11.0 Å². The molecule has 2 aromatic carbocycles. The standard InChI is InChI=1S/C25H26N8/c1-32-13-15-33(16-14-32)21-7-5-19(6-8-21)29-25-30-23-22(10-12-27-23)24(31-25)28-20-4-2-3-18(17-20)9-11-26/h2-8,10,12,17H,9,13-16H2,1H3,(H3,27,28,29,30,31)/p+1. The van der Waals surface area contributed by atoms with Crippen molar-refractivity contribution in [2.45, 2.75) is 6.42 Å². The maximum atomic E-state index is 8.99. The largest absolute Gasteiger partial charge is 0.369 e. The van der Waals surface area contributed by atoms with Gasteiger partial charge >= 0.3 is 5.95 Å². The van der Waals surface area contributed by atoms with Crippen molar-refractivity contribution in [1.82, 2.24) is 14.9 Å². The molecule has 8 heteroatoms. The van der Waals surface area contributed by atoms with Gasteiger partial charge in [0.1, 0.15) is 0 Å². The second kappa shape index (κ2) is 9.18. The predicted octanol–water partition coefficient (Wildman–Crippen LogP) is 3.68. The number of H-pyrrole nitrogens is 2. The van der Waals surface area contributed by atoms with Gasteiger partial charge in [0.2, 0.25) is 11.5 Å². The number of nitrogens with zero attached hydrogens (tertiary/aromatic N) is 4. The second-order valence-electron chi connectivity index (χ2n) is 8.32. The van der Waals surface area contributed by atoms with Gasteiger partial charge in [0.05, 0.1) is 23.6 Å². The monoisotopic (exact) mass is 439 g/mol. The van der Waals surface area contributed by atoms with Gasteiger partial charge in [0, 0.05) is 43.8 Å². The van der Waals surface area contributed by atoms with Gasteiger partial charge < -0.3 is 15.1 Å². The van der Waals surface area contributed by atoms with E-state index >= 15 is 0 Å². The normalized spacial score (nSPS) is 14.2. The van der Waals surface area contributed by atoms with Crippen LogP contribution in [0.5, 0.6) is 0 Å². The van der Waals surface area contributed by atoms with Crippen LogP contribution in [-0.4, -0.2) is 48.1 Å². The number of anilines is 5. The summed E-state index contributed by atoms with van der Waals surface area (Å²) >= 11 is 0. The first-order valence-electron chi connectivity index (χ1n) is 11.1. The number of likely N-dealkylation sites (N-methyl/N-ethyl adjacent to an activating group) is 1. The van der Waals surface area contributed by atoms with Crippen molar-refractivity contribution < 1.29 is 4.98 Å². The van der Waals surface area contributed by atoms with Gasteiger partial charge in [-0.25, -0.2) is 4.98 Å². The van der Waals surface area contributed by atoms with Crippen molar-refractivity contribution in [3.8, 4) is 6.07 Å². The van der Waals surface area contributed by atoms with Gasteiger partial charge in [-0.05, 0) is 55.1 Å². The number of rotatable bonds is 6. The van der Waals surface area contributed by atoms with Crippen LogP contribution in [0.2, 0.25) is 0 Å². The molecule has 1 fully saturated rings. The Kier molecular flexibility index (Phi) is 5.79. The highest BCUT2D eigenvalue weighted by molar-refractivity contribution is 5.88. The quantitative estimate of drug-likeness (QED) is 0.424. The summed E-state index contributed by atoms with van der Waals surface area (Å²) in [4.78, 5) is 16.1. The van der Waals surface area contributed by atoms with Crippen LogP contribution in [0.3, 0.4) is 0 Å². The third-order valence-electron chi connectivity index (χ3n) is 5.94. The van der Waals surface area contributed by atoms with Crippen molar-refractivity contribution >= 4 is 39.9 Å². The minimum Gasteiger partial charge on any atom is -0.369 e. The Morgan fingerprint density at radius 3 is 2.64 bits per heavy atom. The molecular formula is C25H27N8+. The molecule has 0 saturated carbocycles. The smallest absolute Gasteiger partial charge is 0.351 e. The van der Waals surface area contributed by atoms with E-state index in [4.69, 9.17) is 10.2 Å². The van der Waals surface area contributed by atoms with E-state index in [1.807, 2.05) is 36.5 Å². The molecular weight excluding hydrogens is 412 g/mol. The molecule has 0 spiro atoms. The van der Waals surface area contributed by atoms with Crippen LogP contribution >= 0.6 is 0 Å². The number of piperazine rings is 1. The van der Waals surface area contributed by atoms with Gasteiger partial charge in [-0.15, -0.1) is 0 Å². The molecule has 0 atom stereocenters. The molecule has 8 nitrogen and oxygen atoms in total. The first-order chi connectivity index (χ1) is 16.2. The lowest BCUT2D eigenvalue weighted by atomic mass is 10.1. The van der Waals surface area contributed by atoms with Crippen molar-refractivity contribution in [2.24, 2.45) is 0 Å². The number of aromatic nitrogens is 3. The van der Waals surface area contributed by atoms with Crippen molar-refractivity contribution in [3.05, 3.63) is 66.4 Å². The zero-order chi connectivity index (χ0) is 22.6. The van der Waals surface area contributed by atoms with E-state index in [-0.39, 0.29) is 0 Å². The lowest BCUT2D eigenvalue weighted by Crippen LogP contribution is -2.44. The number of hydrogen-bond acceptors (Lipinski definition) is 6. The number of aromatic amines is 2. The van der Waals surface area contributed by atoms with Gasteiger partial charge in [-0.1, -0.05) is 17.1 Å². The van der Waals surface area contributed by atoms with E-state index in [0.717, 1.165) is 60.0 Å². The Balaban J connectivity index is 1.36. The first-order valence-corrected chi connectivity index (χ1v) is 11.1. The van der Waals surface area contributed by atoms with Gasteiger partial charge in [0.25, 0.3) is 0 Å². The van der Waals surface area contributed by atoms with Gasteiger partial charge in [0.15, 0.2) is 0 Å². The fourth-order valence-electron chi connectivity index (χ4n) is 4.09. The van der Waals surface area contributed by atoms with Crippen LogP contribution in [0.1, 0.15) is 5.56 Å². The number of benzene rings is 2. The fraction of sp³-hybridized carbons (Fsp3) is 0.240. The number of nitriles is 1. The van der Waals surface area contributed by atoms with E-state index in [0.29, 0.717) is 12.4 Å². The molecule has 33 heavy (non-hydrogen) atoms. The SMILES string of the molecule is CN1CCN(c2ccc(Nc3nc(Nc4cccc(CC#N)c4)c4cc[nH]c4[nH+]3)cc2)CC1. The zero-order valence-electron chi connectivity index (χ0n) is 18.6. The molecule has 1 aliphatic heterocycles. The molecule has 4 aromatic rings. The topological polar surface area (TPSA) is 97.1 Å². The predicted molar refractivity (Wildman–Crippen MR) is 131 cm³/mol. The van der Waals surface area contributed by atoms with Crippen molar-refractivity contribution in [2.75, 3.05) is 48.8 Å². The third kappa shape index (κ3) is 4.73. The van der Waals surface area contributed by atoms with E-state index in [1.54, 1.807) is 0 Å². The average Bonchev–Trinajstić information content (AvgIpc) is 3.30. The maximum absolute atomic E-state index is 8.99. The summed E-state index contributed by atoms with van der Waals surface area (Å²) in [7, 11) is 2.17. The number of hydrogen-bond donors (Lipinski definition) is 3. The number of nitrogens with one attached hydrogen (secondary N) is 4. The summed E-state index contributed by atoms with van der Waals surface area (Å²) in [6, 6.07) is 20.5. The Morgan fingerprint density at radius 2 is 1.85 bits per heavy atom. The lowest BCUT2D eigenvalue weighted by molar-refractivity contribution is -0.333. The molecule has 3 heterocycles. The maximum Gasteiger partial charge on any atom is 0.351 e. The molecule has 0 bridgehead atoms. The lowest BCUT2D eigenvalue weighted by Gasteiger charge is -2.34. The highest BCUT2D eigenvalue weighted by atomic mass is 15.2. The Bertz CT molecular complexity index is 1280. The fourth-order valence-corrected chi connectivity index (χ4v) is 4.09. The summed E-state index contributed by atoms with van der Waals surface area (Å²) in [6.45, 7) is 4.27. The van der Waals surface area contributed by atoms with Gasteiger partial charge in [-0.2, -0.15) is 5.26 Å². The van der Waals surface area contributed by atoms with Crippen molar-refractivity contribution in [1.29, 1.82) is 5.26 Å². The Hall–Kier alpha value is -4.09. The summed E-state index contributed by atoms with van der Waals surface area (Å²) in [6.07, 6.45) is 2.26. The highest BCUT2D eigenvalue weighted by Crippen LogP contribution is 2.25. The molecule has 4 N–H and O–H groups in total. The third-order valence-corrected chi connectivity index (χ3v) is 5.94. The summed E-state index contributed by atoms with van der Waals surface area (Å²) < 4.78 is 0. The Labute approximate surface area is 192 Å². The van der Waals surface area contributed by atoms with Crippen LogP contribution < -0.4 is 20.5 Å². The zero-order valence-corrected chi connectivity index (χ0v) is 18.6. The molecule has 0 radical (unpaired) electrons. The summed E-state index contributed by atoms with van der Waals surface area (Å²) in [5, 5.41) is 16.7. The van der Waals surface area contributed by atoms with Crippen LogP contribution in [0.15, 0.2) is 60.8 Å². The minimum atomic E-state index is 0.377. The van der Waals surface area contributed by atoms with Gasteiger partial charge in [-0.3, -0.25) is 10.3 Å². The first kappa shape index (κ1) is 20.8. The summed E-state index contributed by atoms with van der Waals surface area (Å²) in [5.41, 5.74) is 4.94. The van der Waals surface area contributed by atoms with E-state index in [9.17, 15) is 0 Å².